The topological polar surface area (TPSA) is 153 Å². The third kappa shape index (κ3) is 4.46. The number of nitrogens with zero attached hydrogens (tertiary/aromatic N) is 7. The van der Waals surface area contributed by atoms with Crippen LogP contribution in [0.4, 0.5) is 16.6 Å². The molecule has 0 bridgehead atoms. The number of alkyl carbamates (subject to hydrolysis) is 1. The van der Waals surface area contributed by atoms with E-state index in [1.807, 2.05) is 0 Å². The van der Waals surface area contributed by atoms with E-state index in [0.29, 0.717) is 36.1 Å². The maximum absolute atomic E-state index is 12.1. The quantitative estimate of drug-likeness (QED) is 0.247. The molecule has 5 heterocycles. The first-order valence-corrected chi connectivity index (χ1v) is 13.1. The molecule has 0 unspecified atom stereocenters. The molecule has 3 aliphatic rings. The molecule has 3 aromatic heterocycles. The van der Waals surface area contributed by atoms with Gasteiger partial charge in [0.2, 0.25) is 5.95 Å². The molecular formula is C27H29N9O4. The van der Waals surface area contributed by atoms with Crippen molar-refractivity contribution in [3.63, 3.8) is 0 Å². The van der Waals surface area contributed by atoms with Gasteiger partial charge in [0.05, 0.1) is 19.4 Å². The lowest BCUT2D eigenvalue weighted by molar-refractivity contribution is -0.0975. The van der Waals surface area contributed by atoms with Crippen LogP contribution in [0.3, 0.4) is 0 Å². The Balaban J connectivity index is 1.23. The molecule has 0 aromatic carbocycles. The third-order valence-electron chi connectivity index (χ3n) is 7.72. The predicted molar refractivity (Wildman–Crippen MR) is 145 cm³/mol. The molecule has 13 nitrogen and oxygen atoms in total. The predicted octanol–water partition coefficient (Wildman–Crippen LogP) is 3.56. The van der Waals surface area contributed by atoms with Crippen LogP contribution in [0.15, 0.2) is 41.0 Å². The Labute approximate surface area is 230 Å². The van der Waals surface area contributed by atoms with Crippen LogP contribution in [0.25, 0.3) is 11.2 Å². The number of hydrogen-bond acceptors (Lipinski definition) is 10. The minimum absolute atomic E-state index is 0.119. The van der Waals surface area contributed by atoms with Gasteiger partial charge in [0.25, 0.3) is 0 Å². The molecule has 2 aliphatic heterocycles. The molecular weight excluding hydrogens is 514 g/mol. The molecule has 1 amide bonds. The highest BCUT2D eigenvalue weighted by atomic mass is 16.6. The summed E-state index contributed by atoms with van der Waals surface area (Å²) in [6.07, 6.45) is 8.46. The van der Waals surface area contributed by atoms with Crippen molar-refractivity contribution < 1.29 is 19.0 Å². The number of fused-ring (bicyclic) bond motifs is 3. The Morgan fingerprint density at radius 3 is 2.85 bits per heavy atom. The van der Waals surface area contributed by atoms with Gasteiger partial charge in [-0.15, -0.1) is 0 Å². The van der Waals surface area contributed by atoms with Gasteiger partial charge < -0.3 is 24.1 Å². The number of ether oxygens (including phenoxy) is 3. The summed E-state index contributed by atoms with van der Waals surface area (Å²) in [5.74, 6) is 1.88. The van der Waals surface area contributed by atoms with Crippen LogP contribution >= 0.6 is 0 Å². The van der Waals surface area contributed by atoms with E-state index in [1.165, 1.54) is 37.2 Å². The van der Waals surface area contributed by atoms with Gasteiger partial charge in [-0.3, -0.25) is 10.00 Å². The highest BCUT2D eigenvalue weighted by molar-refractivity contribution is 5.84. The molecule has 1 saturated heterocycles. The lowest BCUT2D eigenvalue weighted by Gasteiger charge is -2.37. The lowest BCUT2D eigenvalue weighted by Crippen LogP contribution is -2.40. The van der Waals surface area contributed by atoms with Gasteiger partial charge in [-0.25, -0.2) is 14.8 Å². The van der Waals surface area contributed by atoms with Crippen LogP contribution in [0.1, 0.15) is 43.9 Å². The summed E-state index contributed by atoms with van der Waals surface area (Å²) in [6, 6.07) is 4.33. The highest BCUT2D eigenvalue weighted by Gasteiger charge is 2.45. The monoisotopic (exact) mass is 543 g/mol. The number of imidazole rings is 1. The Hall–Kier alpha value is -4.70. The summed E-state index contributed by atoms with van der Waals surface area (Å²) in [7, 11) is 1.81. The summed E-state index contributed by atoms with van der Waals surface area (Å²) < 4.78 is 20.1. The normalized spacial score (nSPS) is 18.0. The fourth-order valence-electron chi connectivity index (χ4n) is 5.32. The molecule has 0 radical (unpaired) electrons. The Kier molecular flexibility index (Phi) is 6.47. The number of carbonyl (C=O) groups excluding carboxylic acids is 1. The molecule has 6 rings (SSSR count). The molecule has 1 spiro atoms. The number of anilines is 2. The van der Waals surface area contributed by atoms with Gasteiger partial charge in [0.1, 0.15) is 28.7 Å². The molecule has 3 aromatic rings. The fraction of sp³-hybridized carbons (Fsp3) is 0.407. The first kappa shape index (κ1) is 25.6. The number of rotatable bonds is 8. The van der Waals surface area contributed by atoms with E-state index in [0.717, 1.165) is 18.8 Å². The SMILES string of the molecule is C=N/C(=C\C(=C/C)Oc1cnc2nc(Nc3cc4n(n3)CCC43CCC3)n(C)c2c1C#N)NC(=O)OC1COC1. The molecule has 206 valence electrons. The first-order chi connectivity index (χ1) is 19.4. The van der Waals surface area contributed by atoms with Crippen molar-refractivity contribution in [2.75, 3.05) is 18.5 Å². The van der Waals surface area contributed by atoms with Crippen molar-refractivity contribution in [2.24, 2.45) is 12.0 Å². The molecule has 1 saturated carbocycles. The van der Waals surface area contributed by atoms with E-state index in [-0.39, 0.29) is 28.7 Å². The second-order valence-electron chi connectivity index (χ2n) is 10.1. The average molecular weight is 544 g/mol. The maximum Gasteiger partial charge on any atom is 0.413 e. The maximum atomic E-state index is 12.1. The summed E-state index contributed by atoms with van der Waals surface area (Å²) in [4.78, 5) is 25.0. The van der Waals surface area contributed by atoms with E-state index >= 15 is 0 Å². The summed E-state index contributed by atoms with van der Waals surface area (Å²) in [5.41, 5.74) is 2.73. The van der Waals surface area contributed by atoms with E-state index < -0.39 is 6.09 Å². The van der Waals surface area contributed by atoms with Gasteiger partial charge >= 0.3 is 6.09 Å². The summed E-state index contributed by atoms with van der Waals surface area (Å²) in [6.45, 7) is 6.89. The number of nitriles is 1. The fourth-order valence-corrected chi connectivity index (χ4v) is 5.32. The summed E-state index contributed by atoms with van der Waals surface area (Å²) >= 11 is 0. The largest absolute Gasteiger partial charge is 0.454 e. The number of amides is 1. The number of allylic oxidation sites excluding steroid dienone is 2. The van der Waals surface area contributed by atoms with Crippen molar-refractivity contribution in [1.29, 1.82) is 5.26 Å². The minimum atomic E-state index is -0.677. The van der Waals surface area contributed by atoms with E-state index in [2.05, 4.69) is 49.1 Å². The average Bonchev–Trinajstić information content (AvgIpc) is 3.56. The second kappa shape index (κ2) is 10.1. The second-order valence-corrected chi connectivity index (χ2v) is 10.1. The van der Waals surface area contributed by atoms with Crippen LogP contribution < -0.4 is 15.4 Å². The first-order valence-electron chi connectivity index (χ1n) is 13.1. The van der Waals surface area contributed by atoms with E-state index in [1.54, 1.807) is 24.6 Å². The molecule has 2 N–H and O–H groups in total. The van der Waals surface area contributed by atoms with Crippen molar-refractivity contribution in [1.82, 2.24) is 29.6 Å². The molecule has 40 heavy (non-hydrogen) atoms. The van der Waals surface area contributed by atoms with Crippen molar-refractivity contribution in [3.05, 3.63) is 47.3 Å². The van der Waals surface area contributed by atoms with Crippen LogP contribution in [0.2, 0.25) is 0 Å². The van der Waals surface area contributed by atoms with Gasteiger partial charge in [0, 0.05) is 36.8 Å². The molecule has 1 aliphatic carbocycles. The number of pyridine rings is 1. The van der Waals surface area contributed by atoms with Crippen LogP contribution in [0, 0.1) is 11.3 Å². The zero-order valence-electron chi connectivity index (χ0n) is 22.3. The van der Waals surface area contributed by atoms with Gasteiger partial charge in [0.15, 0.2) is 23.3 Å². The third-order valence-corrected chi connectivity index (χ3v) is 7.72. The zero-order valence-corrected chi connectivity index (χ0v) is 22.3. The number of aliphatic imine (C=N–C) groups is 1. The van der Waals surface area contributed by atoms with Crippen molar-refractivity contribution in [2.45, 2.75) is 50.7 Å². The Bertz CT molecular complexity index is 1600. The van der Waals surface area contributed by atoms with Crippen LogP contribution in [-0.2, 0) is 28.5 Å². The Morgan fingerprint density at radius 2 is 2.20 bits per heavy atom. The summed E-state index contributed by atoms with van der Waals surface area (Å²) in [5, 5.41) is 20.6. The Morgan fingerprint density at radius 1 is 1.38 bits per heavy atom. The number of nitrogens with one attached hydrogen (secondary N) is 2. The highest BCUT2D eigenvalue weighted by Crippen LogP contribution is 2.50. The molecule has 2 fully saturated rings. The van der Waals surface area contributed by atoms with E-state index in [9.17, 15) is 10.1 Å². The van der Waals surface area contributed by atoms with Crippen molar-refractivity contribution in [3.8, 4) is 11.8 Å². The van der Waals surface area contributed by atoms with Gasteiger partial charge in [-0.1, -0.05) is 6.42 Å². The molecule has 13 heteroatoms. The minimum Gasteiger partial charge on any atom is -0.454 e. The standard InChI is InChI=1S/C27H29N9O4/c1-4-16(10-21(29-2)32-26(37)40-17-14-38-15-17)39-19-13-30-24-23(18(19)12-28)35(3)25(33-24)31-22-11-20-27(6-5-7-27)8-9-36(20)34-22/h4,10-11,13,17H,2,5-9,14-15H2,1,3H3,(H,32,37)(H,30,31,33,34)/b16-4+,21-10+. The molecule has 0 atom stereocenters. The zero-order chi connectivity index (χ0) is 27.9. The lowest BCUT2D eigenvalue weighted by atomic mass is 9.66. The number of hydrogen-bond donors (Lipinski definition) is 2. The number of aromatic nitrogens is 5. The van der Waals surface area contributed by atoms with Crippen LogP contribution in [0.5, 0.6) is 5.75 Å². The van der Waals surface area contributed by atoms with Gasteiger partial charge in [-0.2, -0.15) is 15.3 Å². The smallest absolute Gasteiger partial charge is 0.413 e. The number of aryl methyl sites for hydroxylation is 2. The van der Waals surface area contributed by atoms with Gasteiger partial charge in [-0.05, 0) is 39.0 Å². The van der Waals surface area contributed by atoms with Crippen molar-refractivity contribution >= 4 is 35.7 Å². The van der Waals surface area contributed by atoms with E-state index in [4.69, 9.17) is 19.3 Å². The number of carbonyl (C=O) groups is 1. The van der Waals surface area contributed by atoms with Crippen LogP contribution in [-0.4, -0.2) is 56.4 Å².